The third kappa shape index (κ3) is 11.5. The van der Waals surface area contributed by atoms with Crippen LogP contribution in [0.1, 0.15) is 90.4 Å². The van der Waals surface area contributed by atoms with Crippen LogP contribution in [-0.2, 0) is 9.47 Å². The van der Waals surface area contributed by atoms with Gasteiger partial charge in [-0.3, -0.25) is 0 Å². The Morgan fingerprint density at radius 3 is 2.00 bits per heavy atom. The zero-order chi connectivity index (χ0) is 20.5. The maximum atomic E-state index is 9.82. The molecule has 4 atom stereocenters. The van der Waals surface area contributed by atoms with E-state index >= 15 is 0 Å². The van der Waals surface area contributed by atoms with Crippen LogP contribution in [0, 0.1) is 0 Å². The van der Waals surface area contributed by atoms with Gasteiger partial charge >= 0.3 is 0 Å². The summed E-state index contributed by atoms with van der Waals surface area (Å²) in [6, 6.07) is 0. The summed E-state index contributed by atoms with van der Waals surface area (Å²) in [6.45, 7) is 2.68. The number of unbranched alkanes of at least 4 members (excludes halogenated alkanes) is 11. The first kappa shape index (κ1) is 25.6. The van der Waals surface area contributed by atoms with E-state index in [0.717, 1.165) is 12.8 Å². The molecule has 0 amide bonds. The maximum absolute atomic E-state index is 9.82. The average Bonchev–Trinajstić information content (AvgIpc) is 3.03. The van der Waals surface area contributed by atoms with Crippen molar-refractivity contribution in [2.75, 3.05) is 19.8 Å². The molecule has 1 fully saturated rings. The van der Waals surface area contributed by atoms with Crippen LogP contribution in [0.15, 0.2) is 12.2 Å². The predicted molar refractivity (Wildman–Crippen MR) is 113 cm³/mol. The number of allylic oxidation sites excluding steroid dienone is 2. The minimum Gasteiger partial charge on any atom is -0.394 e. The number of ether oxygens (including phenoxy) is 2. The van der Waals surface area contributed by atoms with Gasteiger partial charge in [0.25, 0.3) is 0 Å². The molecule has 1 saturated heterocycles. The van der Waals surface area contributed by atoms with Gasteiger partial charge in [0.1, 0.15) is 24.4 Å². The summed E-state index contributed by atoms with van der Waals surface area (Å²) >= 11 is 0. The fourth-order valence-corrected chi connectivity index (χ4v) is 3.60. The molecule has 0 spiro atoms. The summed E-state index contributed by atoms with van der Waals surface area (Å²) in [5.41, 5.74) is 0. The predicted octanol–water partition coefficient (Wildman–Crippen LogP) is 4.13. The van der Waals surface area contributed by atoms with Gasteiger partial charge < -0.3 is 24.8 Å². The van der Waals surface area contributed by atoms with Crippen molar-refractivity contribution in [1.29, 1.82) is 0 Å². The largest absolute Gasteiger partial charge is 0.394 e. The van der Waals surface area contributed by atoms with Gasteiger partial charge in [-0.15, -0.1) is 0 Å². The zero-order valence-electron chi connectivity index (χ0n) is 17.9. The molecule has 28 heavy (non-hydrogen) atoms. The molecule has 0 aromatic rings. The highest BCUT2D eigenvalue weighted by Crippen LogP contribution is 2.20. The van der Waals surface area contributed by atoms with Crippen molar-refractivity contribution in [1.82, 2.24) is 0 Å². The van der Waals surface area contributed by atoms with E-state index in [1.54, 1.807) is 0 Å². The van der Waals surface area contributed by atoms with E-state index in [-0.39, 0.29) is 13.2 Å². The van der Waals surface area contributed by atoms with Gasteiger partial charge in [0, 0.05) is 6.61 Å². The normalized spacial score (nSPS) is 23.6. The highest BCUT2D eigenvalue weighted by molar-refractivity contribution is 4.88. The van der Waals surface area contributed by atoms with Crippen LogP contribution in [0.5, 0.6) is 0 Å². The Hall–Kier alpha value is -0.460. The summed E-state index contributed by atoms with van der Waals surface area (Å²) in [5.74, 6) is 0. The molecule has 5 nitrogen and oxygen atoms in total. The van der Waals surface area contributed by atoms with Crippen LogP contribution in [0.25, 0.3) is 0 Å². The van der Waals surface area contributed by atoms with Crippen molar-refractivity contribution in [3.8, 4) is 0 Å². The molecule has 1 aliphatic heterocycles. The number of aliphatic hydroxyl groups excluding tert-OH is 3. The second-order valence-electron chi connectivity index (χ2n) is 8.03. The van der Waals surface area contributed by atoms with Crippen molar-refractivity contribution >= 4 is 0 Å². The van der Waals surface area contributed by atoms with E-state index in [0.29, 0.717) is 6.61 Å². The first-order valence-corrected chi connectivity index (χ1v) is 11.6. The second-order valence-corrected chi connectivity index (χ2v) is 8.03. The van der Waals surface area contributed by atoms with Gasteiger partial charge in [-0.05, 0) is 25.7 Å². The summed E-state index contributed by atoms with van der Waals surface area (Å²) in [5, 5.41) is 28.7. The van der Waals surface area contributed by atoms with Crippen LogP contribution >= 0.6 is 0 Å². The van der Waals surface area contributed by atoms with Crippen molar-refractivity contribution in [2.45, 2.75) is 115 Å². The Kier molecular flexibility index (Phi) is 15.9. The second kappa shape index (κ2) is 17.4. The Bertz CT molecular complexity index is 374. The van der Waals surface area contributed by atoms with Gasteiger partial charge in [0.05, 0.1) is 13.2 Å². The molecule has 5 heteroatoms. The molecule has 0 bridgehead atoms. The highest BCUT2D eigenvalue weighted by Gasteiger charge is 2.40. The molecule has 0 aromatic heterocycles. The molecule has 3 N–H and O–H groups in total. The summed E-state index contributed by atoms with van der Waals surface area (Å²) in [4.78, 5) is 0. The molecular weight excluding hydrogens is 356 g/mol. The van der Waals surface area contributed by atoms with E-state index in [9.17, 15) is 15.3 Å². The van der Waals surface area contributed by atoms with Gasteiger partial charge in [-0.1, -0.05) is 76.9 Å². The Balaban J connectivity index is 1.85. The minimum absolute atomic E-state index is 0.0986. The molecule has 1 aliphatic rings. The molecular formula is C23H44O5. The Morgan fingerprint density at radius 1 is 0.893 bits per heavy atom. The Labute approximate surface area is 172 Å². The molecule has 0 aromatic carbocycles. The standard InChI is InChI=1S/C23H44O5/c1-2-3-4-5-6-7-8-9-10-11-12-13-14-15-16-17-27-21(18-24)23-22(26)20(25)19-28-23/h5-6,20-26H,2-4,7-19H2,1H3/b6-5+/t20-,21+,22+,23+/m0/s1. The Morgan fingerprint density at radius 2 is 1.46 bits per heavy atom. The molecule has 0 radical (unpaired) electrons. The third-order valence-corrected chi connectivity index (χ3v) is 5.47. The molecule has 1 heterocycles. The first-order valence-electron chi connectivity index (χ1n) is 11.6. The minimum atomic E-state index is -0.978. The number of hydrogen-bond donors (Lipinski definition) is 3. The lowest BCUT2D eigenvalue weighted by atomic mass is 10.1. The topological polar surface area (TPSA) is 79.2 Å². The van der Waals surface area contributed by atoms with Gasteiger partial charge in [-0.25, -0.2) is 0 Å². The van der Waals surface area contributed by atoms with Crippen LogP contribution in [0.2, 0.25) is 0 Å². The van der Waals surface area contributed by atoms with E-state index in [2.05, 4.69) is 19.1 Å². The van der Waals surface area contributed by atoms with Crippen LogP contribution in [-0.4, -0.2) is 59.6 Å². The number of hydrogen-bond acceptors (Lipinski definition) is 5. The molecule has 1 rings (SSSR count). The van der Waals surface area contributed by atoms with Gasteiger partial charge in [0.2, 0.25) is 0 Å². The van der Waals surface area contributed by atoms with Crippen LogP contribution in [0.3, 0.4) is 0 Å². The molecule has 166 valence electrons. The van der Waals surface area contributed by atoms with Crippen LogP contribution < -0.4 is 0 Å². The van der Waals surface area contributed by atoms with Crippen LogP contribution in [0.4, 0.5) is 0 Å². The third-order valence-electron chi connectivity index (χ3n) is 5.47. The van der Waals surface area contributed by atoms with Crippen molar-refractivity contribution in [3.05, 3.63) is 12.2 Å². The molecule has 0 unspecified atom stereocenters. The number of rotatable bonds is 18. The summed E-state index contributed by atoms with van der Waals surface area (Å²) in [6.07, 6.45) is 17.9. The van der Waals surface area contributed by atoms with Crippen molar-refractivity contribution < 1.29 is 24.8 Å². The lowest BCUT2D eigenvalue weighted by Gasteiger charge is -2.24. The van der Waals surface area contributed by atoms with E-state index in [1.807, 2.05) is 0 Å². The van der Waals surface area contributed by atoms with Crippen molar-refractivity contribution in [3.63, 3.8) is 0 Å². The van der Waals surface area contributed by atoms with E-state index in [1.165, 1.54) is 70.6 Å². The zero-order valence-corrected chi connectivity index (χ0v) is 17.9. The average molecular weight is 401 g/mol. The summed E-state index contributed by atoms with van der Waals surface area (Å²) < 4.78 is 11.0. The first-order chi connectivity index (χ1) is 13.7. The lowest BCUT2D eigenvalue weighted by molar-refractivity contribution is -0.101. The maximum Gasteiger partial charge on any atom is 0.114 e. The SMILES string of the molecule is CCCC/C=C/CCCCCCCCCCCO[C@H](CO)[C@H]1OC[C@H](O)[C@H]1O. The van der Waals surface area contributed by atoms with Crippen molar-refractivity contribution in [2.24, 2.45) is 0 Å². The lowest BCUT2D eigenvalue weighted by Crippen LogP contribution is -2.42. The fourth-order valence-electron chi connectivity index (χ4n) is 3.60. The number of aliphatic hydroxyl groups is 3. The monoisotopic (exact) mass is 400 g/mol. The highest BCUT2D eigenvalue weighted by atomic mass is 16.6. The van der Waals surface area contributed by atoms with Gasteiger partial charge in [-0.2, -0.15) is 0 Å². The van der Waals surface area contributed by atoms with E-state index < -0.39 is 24.4 Å². The molecule has 0 aliphatic carbocycles. The van der Waals surface area contributed by atoms with E-state index in [4.69, 9.17) is 9.47 Å². The fraction of sp³-hybridized carbons (Fsp3) is 0.913. The summed E-state index contributed by atoms with van der Waals surface area (Å²) in [7, 11) is 0. The molecule has 0 saturated carbocycles. The quantitative estimate of drug-likeness (QED) is 0.238. The van der Waals surface area contributed by atoms with Gasteiger partial charge in [0.15, 0.2) is 0 Å². The smallest absolute Gasteiger partial charge is 0.114 e.